The normalized spacial score (nSPS) is 14.0. The topological polar surface area (TPSA) is 0 Å². The first-order chi connectivity index (χ1) is 4.31. The summed E-state index contributed by atoms with van der Waals surface area (Å²) >= 11 is 0. The maximum Gasteiger partial charge on any atom is 0.00672 e. The first-order valence-electron chi connectivity index (χ1n) is 4.31. The van der Waals surface area contributed by atoms with E-state index in [1.54, 1.807) is 0 Å². The van der Waals surface area contributed by atoms with Crippen molar-refractivity contribution in [2.75, 3.05) is 0 Å². The van der Waals surface area contributed by atoms with Gasteiger partial charge in [-0.05, 0) is 0 Å². The molecule has 1 unspecified atom stereocenters. The molecule has 0 nitrogen and oxygen atoms in total. The molecule has 0 rings (SSSR count). The molecule has 0 bridgehead atoms. The van der Waals surface area contributed by atoms with E-state index in [-0.39, 0.29) is 0 Å². The third-order valence-corrected chi connectivity index (χ3v) is 2.99. The molecule has 0 aliphatic heterocycles. The van der Waals surface area contributed by atoms with Gasteiger partial charge in [0.05, 0.1) is 0 Å². The number of hydrogen-bond acceptors (Lipinski definition) is 0. The fourth-order valence-electron chi connectivity index (χ4n) is 1.19. The highest BCUT2D eigenvalue weighted by Crippen LogP contribution is 2.15. The minimum absolute atomic E-state index is 1.11. The fourth-order valence-corrected chi connectivity index (χ4v) is 2.18. The zero-order chi connectivity index (χ0) is 7.11. The largest absolute Gasteiger partial charge is 0.0654 e. The molecule has 56 valence electrons. The Balaban J connectivity index is 2.95. The molecule has 0 aliphatic rings. The van der Waals surface area contributed by atoms with Crippen molar-refractivity contribution in [1.82, 2.24) is 0 Å². The van der Waals surface area contributed by atoms with Crippen molar-refractivity contribution in [3.8, 4) is 0 Å². The second-order valence-corrected chi connectivity index (χ2v) is 4.67. The Hall–Kier alpha value is 0.217. The van der Waals surface area contributed by atoms with Crippen molar-refractivity contribution in [2.45, 2.75) is 51.5 Å². The molecule has 0 amide bonds. The maximum atomic E-state index is 2.29. The highest BCUT2D eigenvalue weighted by atomic mass is 28.1. The van der Waals surface area contributed by atoms with Gasteiger partial charge in [-0.2, -0.15) is 0 Å². The van der Waals surface area contributed by atoms with Crippen molar-refractivity contribution < 1.29 is 0 Å². The predicted octanol–water partition coefficient (Wildman–Crippen LogP) is 2.13. The molecule has 0 aliphatic carbocycles. The Morgan fingerprint density at radius 2 is 1.78 bits per heavy atom. The van der Waals surface area contributed by atoms with E-state index in [1.807, 2.05) is 0 Å². The molecule has 1 atom stereocenters. The van der Waals surface area contributed by atoms with Crippen LogP contribution >= 0.6 is 0 Å². The average molecular weight is 144 g/mol. The maximum absolute atomic E-state index is 2.29. The first-order valence-corrected chi connectivity index (χ1v) is 5.46. The standard InChI is InChI=1S/C8H20Si/c1-3-5-7-8(9)6-4-2/h8H,3-7H2,1-2,9H3. The molecule has 0 spiro atoms. The van der Waals surface area contributed by atoms with E-state index in [2.05, 4.69) is 13.8 Å². The molecule has 0 aromatic rings. The van der Waals surface area contributed by atoms with Gasteiger partial charge < -0.3 is 0 Å². The third kappa shape index (κ3) is 6.10. The summed E-state index contributed by atoms with van der Waals surface area (Å²) in [5.74, 6) is 0. The second kappa shape index (κ2) is 6.34. The van der Waals surface area contributed by atoms with Crippen LogP contribution < -0.4 is 0 Å². The lowest BCUT2D eigenvalue weighted by atomic mass is 10.1. The van der Waals surface area contributed by atoms with Crippen molar-refractivity contribution >= 4 is 10.2 Å². The van der Waals surface area contributed by atoms with E-state index in [4.69, 9.17) is 0 Å². The van der Waals surface area contributed by atoms with Gasteiger partial charge in [0.25, 0.3) is 0 Å². The molecule has 0 radical (unpaired) electrons. The van der Waals surface area contributed by atoms with Gasteiger partial charge in [0, 0.05) is 10.2 Å². The molecule has 0 N–H and O–H groups in total. The molecule has 0 fully saturated rings. The highest BCUT2D eigenvalue weighted by molar-refractivity contribution is 6.11. The Labute approximate surface area is 62.5 Å². The van der Waals surface area contributed by atoms with E-state index in [1.165, 1.54) is 42.3 Å². The van der Waals surface area contributed by atoms with Crippen LogP contribution in [0.5, 0.6) is 0 Å². The molecule has 0 saturated carbocycles. The summed E-state index contributed by atoms with van der Waals surface area (Å²) < 4.78 is 0. The molecule has 0 aromatic carbocycles. The molecule has 0 aromatic heterocycles. The average Bonchev–Trinajstić information content (AvgIpc) is 1.85. The molecular formula is C8H20Si. The van der Waals surface area contributed by atoms with Crippen molar-refractivity contribution in [1.29, 1.82) is 0 Å². The minimum atomic E-state index is 1.11. The molecular weight excluding hydrogens is 124 g/mol. The van der Waals surface area contributed by atoms with E-state index in [9.17, 15) is 0 Å². The smallest absolute Gasteiger partial charge is 0.00672 e. The Morgan fingerprint density at radius 1 is 1.11 bits per heavy atom. The summed E-state index contributed by atoms with van der Waals surface area (Å²) in [5.41, 5.74) is 1.11. The Morgan fingerprint density at radius 3 is 2.22 bits per heavy atom. The summed E-state index contributed by atoms with van der Waals surface area (Å²) in [5, 5.41) is 0. The van der Waals surface area contributed by atoms with Gasteiger partial charge in [-0.15, -0.1) is 0 Å². The van der Waals surface area contributed by atoms with Crippen LogP contribution in [0.2, 0.25) is 5.54 Å². The number of unbranched alkanes of at least 4 members (excludes halogenated alkanes) is 1. The van der Waals surface area contributed by atoms with Crippen LogP contribution in [0.3, 0.4) is 0 Å². The summed E-state index contributed by atoms with van der Waals surface area (Å²) in [4.78, 5) is 0. The Bertz CT molecular complexity index is 52.5. The summed E-state index contributed by atoms with van der Waals surface area (Å²) in [6, 6.07) is 0. The van der Waals surface area contributed by atoms with Gasteiger partial charge in [-0.1, -0.05) is 51.5 Å². The van der Waals surface area contributed by atoms with Crippen molar-refractivity contribution in [3.05, 3.63) is 0 Å². The van der Waals surface area contributed by atoms with Gasteiger partial charge in [0.15, 0.2) is 0 Å². The zero-order valence-electron chi connectivity index (χ0n) is 7.11. The third-order valence-electron chi connectivity index (χ3n) is 1.83. The molecule has 0 saturated heterocycles. The predicted molar refractivity (Wildman–Crippen MR) is 48.1 cm³/mol. The van der Waals surface area contributed by atoms with E-state index < -0.39 is 0 Å². The highest BCUT2D eigenvalue weighted by Gasteiger charge is 1.97. The first kappa shape index (κ1) is 9.22. The van der Waals surface area contributed by atoms with Crippen LogP contribution in [-0.4, -0.2) is 10.2 Å². The van der Waals surface area contributed by atoms with Gasteiger partial charge in [-0.25, -0.2) is 0 Å². The van der Waals surface area contributed by atoms with E-state index in [0.29, 0.717) is 0 Å². The van der Waals surface area contributed by atoms with Crippen LogP contribution in [0, 0.1) is 0 Å². The van der Waals surface area contributed by atoms with Crippen molar-refractivity contribution in [3.63, 3.8) is 0 Å². The lowest BCUT2D eigenvalue weighted by Gasteiger charge is -2.06. The SMILES string of the molecule is CCCCC([SiH3])CCC. The van der Waals surface area contributed by atoms with Gasteiger partial charge >= 0.3 is 0 Å². The Kier molecular flexibility index (Phi) is 6.49. The lowest BCUT2D eigenvalue weighted by Crippen LogP contribution is -1.90. The summed E-state index contributed by atoms with van der Waals surface area (Å²) in [6.45, 7) is 4.57. The van der Waals surface area contributed by atoms with Crippen molar-refractivity contribution in [2.24, 2.45) is 0 Å². The number of rotatable bonds is 5. The van der Waals surface area contributed by atoms with Gasteiger partial charge in [0.1, 0.15) is 0 Å². The monoisotopic (exact) mass is 144 g/mol. The summed E-state index contributed by atoms with van der Waals surface area (Å²) in [7, 11) is 1.41. The van der Waals surface area contributed by atoms with E-state index in [0.717, 1.165) is 5.54 Å². The fraction of sp³-hybridized carbons (Fsp3) is 1.00. The zero-order valence-corrected chi connectivity index (χ0v) is 9.11. The van der Waals surface area contributed by atoms with Gasteiger partial charge in [0.2, 0.25) is 0 Å². The molecule has 9 heavy (non-hydrogen) atoms. The molecule has 1 heteroatoms. The molecule has 0 heterocycles. The van der Waals surface area contributed by atoms with Crippen LogP contribution in [0.4, 0.5) is 0 Å². The van der Waals surface area contributed by atoms with E-state index >= 15 is 0 Å². The summed E-state index contributed by atoms with van der Waals surface area (Å²) in [6.07, 6.45) is 7.19. The van der Waals surface area contributed by atoms with Crippen LogP contribution in [0.15, 0.2) is 0 Å². The van der Waals surface area contributed by atoms with Crippen LogP contribution in [0.25, 0.3) is 0 Å². The number of hydrogen-bond donors (Lipinski definition) is 0. The minimum Gasteiger partial charge on any atom is -0.0654 e. The quantitative estimate of drug-likeness (QED) is 0.519. The van der Waals surface area contributed by atoms with Gasteiger partial charge in [-0.3, -0.25) is 0 Å². The second-order valence-electron chi connectivity index (χ2n) is 3.04. The van der Waals surface area contributed by atoms with Crippen LogP contribution in [-0.2, 0) is 0 Å². The lowest BCUT2D eigenvalue weighted by molar-refractivity contribution is 0.624. The van der Waals surface area contributed by atoms with Crippen LogP contribution in [0.1, 0.15) is 46.0 Å².